The molecule has 0 spiro atoms. The summed E-state index contributed by atoms with van der Waals surface area (Å²) in [6, 6.07) is 5.19. The number of carbonyl (C=O) groups excluding carboxylic acids is 2. The van der Waals surface area contributed by atoms with Crippen molar-refractivity contribution in [2.24, 2.45) is 5.92 Å². The quantitative estimate of drug-likeness (QED) is 0.531. The molecule has 2 aliphatic rings. The summed E-state index contributed by atoms with van der Waals surface area (Å²) < 4.78 is 16.6. The molecule has 2 aliphatic heterocycles. The lowest BCUT2D eigenvalue weighted by atomic mass is 9.96. The minimum absolute atomic E-state index is 0.251. The van der Waals surface area contributed by atoms with Crippen LogP contribution < -0.4 is 19.7 Å². The van der Waals surface area contributed by atoms with Gasteiger partial charge in [0.2, 0.25) is 0 Å². The van der Waals surface area contributed by atoms with Crippen molar-refractivity contribution in [1.29, 1.82) is 0 Å². The molecule has 1 fully saturated rings. The highest BCUT2D eigenvalue weighted by molar-refractivity contribution is 7.18. The van der Waals surface area contributed by atoms with Crippen LogP contribution in [0.4, 0.5) is 11.5 Å². The molecule has 0 unspecified atom stereocenters. The van der Waals surface area contributed by atoms with Gasteiger partial charge in [-0.3, -0.25) is 9.59 Å². The maximum Gasteiger partial charge on any atom is 0.309 e. The molecule has 1 N–H and O–H groups in total. The van der Waals surface area contributed by atoms with Crippen molar-refractivity contribution in [2.45, 2.75) is 39.7 Å². The van der Waals surface area contributed by atoms with E-state index in [0.29, 0.717) is 56.3 Å². The summed E-state index contributed by atoms with van der Waals surface area (Å²) in [5.74, 6) is 1.17. The number of aromatic nitrogens is 2. The number of hydrogen-bond acceptors (Lipinski definition) is 9. The molecule has 0 aliphatic carbocycles. The number of anilines is 2. The van der Waals surface area contributed by atoms with Crippen LogP contribution in [0.15, 0.2) is 24.5 Å². The average Bonchev–Trinajstić information content (AvgIpc) is 3.17. The predicted octanol–water partition coefficient (Wildman–Crippen LogP) is 3.87. The zero-order valence-corrected chi connectivity index (χ0v) is 20.8. The normalized spacial score (nSPS) is 16.7. The zero-order valence-electron chi connectivity index (χ0n) is 20.0. The van der Waals surface area contributed by atoms with Gasteiger partial charge in [0.05, 0.1) is 11.3 Å². The molecule has 10 heteroatoms. The van der Waals surface area contributed by atoms with Crippen LogP contribution in [0.25, 0.3) is 10.2 Å². The third kappa shape index (κ3) is 4.75. The SMILES string of the molecule is Cc1sc2ncnc(N3CCC(C(=O)O[C@@H](C)C(=O)Nc4ccc5c(c4)OCCO5)CC3)c2c1C. The largest absolute Gasteiger partial charge is 0.486 e. The van der Waals surface area contributed by atoms with Gasteiger partial charge in [-0.1, -0.05) is 0 Å². The van der Waals surface area contributed by atoms with E-state index in [1.807, 2.05) is 0 Å². The first-order chi connectivity index (χ1) is 16.9. The number of carbonyl (C=O) groups is 2. The Hall–Kier alpha value is -3.40. The number of aryl methyl sites for hydroxylation is 2. The average molecular weight is 497 g/mol. The number of thiophene rings is 1. The lowest BCUT2D eigenvalue weighted by Crippen LogP contribution is -2.39. The minimum atomic E-state index is -0.911. The first-order valence-corrected chi connectivity index (χ1v) is 12.6. The Labute approximate surface area is 207 Å². The van der Waals surface area contributed by atoms with Crippen LogP contribution in [0, 0.1) is 19.8 Å². The molecule has 1 amide bonds. The van der Waals surface area contributed by atoms with Crippen molar-refractivity contribution in [3.05, 3.63) is 35.0 Å². The molecule has 35 heavy (non-hydrogen) atoms. The Morgan fingerprint density at radius 1 is 1.14 bits per heavy atom. The van der Waals surface area contributed by atoms with Crippen molar-refractivity contribution in [3.63, 3.8) is 0 Å². The van der Waals surface area contributed by atoms with Gasteiger partial charge in [-0.25, -0.2) is 9.97 Å². The summed E-state index contributed by atoms with van der Waals surface area (Å²) in [4.78, 5) is 38.8. The summed E-state index contributed by atoms with van der Waals surface area (Å²) in [6.07, 6.45) is 1.98. The second-order valence-corrected chi connectivity index (χ2v) is 10.1. The van der Waals surface area contributed by atoms with Crippen LogP contribution in [0.1, 0.15) is 30.2 Å². The third-order valence-electron chi connectivity index (χ3n) is 6.55. The summed E-state index contributed by atoms with van der Waals surface area (Å²) in [6.45, 7) is 8.13. The second kappa shape index (κ2) is 9.69. The van der Waals surface area contributed by atoms with Crippen molar-refractivity contribution >= 4 is 44.9 Å². The van der Waals surface area contributed by atoms with E-state index in [2.05, 4.69) is 34.0 Å². The molecule has 0 bridgehead atoms. The molecule has 3 aromatic rings. The van der Waals surface area contributed by atoms with E-state index in [-0.39, 0.29) is 17.8 Å². The molecule has 4 heterocycles. The fraction of sp³-hybridized carbons (Fsp3) is 0.440. The highest BCUT2D eigenvalue weighted by Crippen LogP contribution is 2.36. The highest BCUT2D eigenvalue weighted by Gasteiger charge is 2.30. The maximum atomic E-state index is 12.8. The van der Waals surface area contributed by atoms with E-state index >= 15 is 0 Å². The molecule has 0 saturated carbocycles. The molecule has 1 saturated heterocycles. The molecule has 2 aromatic heterocycles. The summed E-state index contributed by atoms with van der Waals surface area (Å²) in [7, 11) is 0. The van der Waals surface area contributed by atoms with Gasteiger partial charge in [0, 0.05) is 29.7 Å². The van der Waals surface area contributed by atoms with E-state index in [0.717, 1.165) is 16.0 Å². The van der Waals surface area contributed by atoms with Crippen molar-refractivity contribution in [1.82, 2.24) is 9.97 Å². The fourth-order valence-corrected chi connectivity index (χ4v) is 5.41. The summed E-state index contributed by atoms with van der Waals surface area (Å²) in [5, 5.41) is 3.88. The second-order valence-electron chi connectivity index (χ2n) is 8.85. The molecule has 184 valence electrons. The molecule has 1 atom stereocenters. The third-order valence-corrected chi connectivity index (χ3v) is 7.66. The number of esters is 1. The number of rotatable bonds is 5. The summed E-state index contributed by atoms with van der Waals surface area (Å²) in [5.41, 5.74) is 1.77. The molecule has 0 radical (unpaired) electrons. The number of piperidine rings is 1. The van der Waals surface area contributed by atoms with E-state index in [1.54, 1.807) is 42.8 Å². The van der Waals surface area contributed by atoms with E-state index in [1.165, 1.54) is 10.4 Å². The van der Waals surface area contributed by atoms with Crippen LogP contribution in [-0.2, 0) is 14.3 Å². The monoisotopic (exact) mass is 496 g/mol. The molecule has 5 rings (SSSR count). The Balaban J connectivity index is 1.16. The number of amides is 1. The van der Waals surface area contributed by atoms with Crippen molar-refractivity contribution in [2.75, 3.05) is 36.5 Å². The number of nitrogens with one attached hydrogen (secondary N) is 1. The van der Waals surface area contributed by atoms with Gasteiger partial charge in [-0.15, -0.1) is 11.3 Å². The first-order valence-electron chi connectivity index (χ1n) is 11.8. The van der Waals surface area contributed by atoms with Crippen LogP contribution in [0.5, 0.6) is 11.5 Å². The Morgan fingerprint density at radius 2 is 1.89 bits per heavy atom. The Morgan fingerprint density at radius 3 is 2.66 bits per heavy atom. The van der Waals surface area contributed by atoms with Gasteiger partial charge >= 0.3 is 5.97 Å². The smallest absolute Gasteiger partial charge is 0.309 e. The lowest BCUT2D eigenvalue weighted by molar-refractivity contribution is -0.157. The van der Waals surface area contributed by atoms with E-state index in [9.17, 15) is 9.59 Å². The van der Waals surface area contributed by atoms with Crippen LogP contribution in [0.3, 0.4) is 0 Å². The highest BCUT2D eigenvalue weighted by atomic mass is 32.1. The van der Waals surface area contributed by atoms with Crippen molar-refractivity contribution < 1.29 is 23.8 Å². The number of nitrogens with zero attached hydrogens (tertiary/aromatic N) is 3. The molecule has 1 aromatic carbocycles. The maximum absolute atomic E-state index is 12.8. The van der Waals surface area contributed by atoms with E-state index < -0.39 is 6.10 Å². The lowest BCUT2D eigenvalue weighted by Gasteiger charge is -2.32. The molecular formula is C25H28N4O5S. The van der Waals surface area contributed by atoms with Crippen LogP contribution >= 0.6 is 11.3 Å². The number of fused-ring (bicyclic) bond motifs is 2. The number of hydrogen-bond donors (Lipinski definition) is 1. The van der Waals surface area contributed by atoms with Gasteiger partial charge in [-0.2, -0.15) is 0 Å². The van der Waals surface area contributed by atoms with E-state index in [4.69, 9.17) is 14.2 Å². The molecule has 9 nitrogen and oxygen atoms in total. The van der Waals surface area contributed by atoms with Gasteiger partial charge in [0.15, 0.2) is 17.6 Å². The minimum Gasteiger partial charge on any atom is -0.486 e. The fourth-order valence-electron chi connectivity index (χ4n) is 4.42. The predicted molar refractivity (Wildman–Crippen MR) is 133 cm³/mol. The van der Waals surface area contributed by atoms with Gasteiger partial charge in [-0.05, 0) is 51.3 Å². The number of ether oxygens (including phenoxy) is 3. The summed E-state index contributed by atoms with van der Waals surface area (Å²) >= 11 is 1.68. The topological polar surface area (TPSA) is 103 Å². The Kier molecular flexibility index (Phi) is 6.46. The van der Waals surface area contributed by atoms with Gasteiger partial charge < -0.3 is 24.4 Å². The molecular weight excluding hydrogens is 468 g/mol. The standard InChI is InChI=1S/C25H28N4O5S/c1-14-16(3)35-24-21(14)22(26-13-27-24)29-8-6-17(7-9-29)25(31)34-15(2)23(30)28-18-4-5-19-20(12-18)33-11-10-32-19/h4-5,12-13,15,17H,6-11H2,1-3H3,(H,28,30)/t15-/m0/s1. The van der Waals surface area contributed by atoms with Crippen LogP contribution in [-0.4, -0.2) is 54.3 Å². The van der Waals surface area contributed by atoms with Gasteiger partial charge in [0.25, 0.3) is 5.91 Å². The van der Waals surface area contributed by atoms with Gasteiger partial charge in [0.1, 0.15) is 30.2 Å². The number of benzene rings is 1. The first kappa shape index (κ1) is 23.3. The zero-order chi connectivity index (χ0) is 24.5. The van der Waals surface area contributed by atoms with Crippen molar-refractivity contribution in [3.8, 4) is 11.5 Å². The Bertz CT molecular complexity index is 1270. The van der Waals surface area contributed by atoms with Crippen LogP contribution in [0.2, 0.25) is 0 Å².